The number of rotatable bonds is 5. The Morgan fingerprint density at radius 2 is 1.89 bits per heavy atom. The van der Waals surface area contributed by atoms with Gasteiger partial charge in [0.05, 0.1) is 19.9 Å². The van der Waals surface area contributed by atoms with Crippen molar-refractivity contribution in [3.8, 4) is 11.5 Å². The number of hydrogen-bond donors (Lipinski definition) is 1. The molecule has 100 valence electrons. The predicted octanol–water partition coefficient (Wildman–Crippen LogP) is 1.54. The molecule has 19 heavy (non-hydrogen) atoms. The zero-order chi connectivity index (χ0) is 13.7. The van der Waals surface area contributed by atoms with E-state index in [1.54, 1.807) is 20.4 Å². The molecule has 5 nitrogen and oxygen atoms in total. The minimum Gasteiger partial charge on any atom is -0.493 e. The van der Waals surface area contributed by atoms with E-state index in [9.17, 15) is 0 Å². The van der Waals surface area contributed by atoms with Gasteiger partial charge in [0, 0.05) is 19.2 Å². The van der Waals surface area contributed by atoms with Crippen LogP contribution >= 0.6 is 0 Å². The average Bonchev–Trinajstić information content (AvgIpc) is 2.47. The first kappa shape index (κ1) is 13.3. The maximum absolute atomic E-state index is 5.57. The van der Waals surface area contributed by atoms with Crippen LogP contribution in [-0.4, -0.2) is 24.2 Å². The summed E-state index contributed by atoms with van der Waals surface area (Å²) in [5, 5.41) is 0. The third kappa shape index (κ3) is 3.20. The summed E-state index contributed by atoms with van der Waals surface area (Å²) in [4.78, 5) is 8.62. The van der Waals surface area contributed by atoms with Gasteiger partial charge in [-0.3, -0.25) is 0 Å². The highest BCUT2D eigenvalue weighted by Crippen LogP contribution is 2.28. The Kier molecular flexibility index (Phi) is 4.30. The molecular weight excluding hydrogens is 242 g/mol. The summed E-state index contributed by atoms with van der Waals surface area (Å²) in [6, 6.07) is 7.59. The molecule has 0 saturated carbocycles. The first-order valence-corrected chi connectivity index (χ1v) is 5.98. The van der Waals surface area contributed by atoms with Gasteiger partial charge in [-0.2, -0.15) is 0 Å². The average molecular weight is 259 g/mol. The fourth-order valence-electron chi connectivity index (χ4n) is 1.81. The van der Waals surface area contributed by atoms with E-state index < -0.39 is 0 Å². The zero-order valence-corrected chi connectivity index (χ0v) is 11.1. The van der Waals surface area contributed by atoms with Gasteiger partial charge < -0.3 is 15.2 Å². The molecule has 0 fully saturated rings. The lowest BCUT2D eigenvalue weighted by atomic mass is 10.1. The van der Waals surface area contributed by atoms with Crippen molar-refractivity contribution in [1.29, 1.82) is 0 Å². The van der Waals surface area contributed by atoms with Crippen LogP contribution < -0.4 is 15.2 Å². The summed E-state index contributed by atoms with van der Waals surface area (Å²) in [6.07, 6.45) is 2.36. The van der Waals surface area contributed by atoms with Crippen LogP contribution in [0.4, 0.5) is 0 Å². The van der Waals surface area contributed by atoms with E-state index in [2.05, 4.69) is 9.97 Å². The number of ether oxygens (including phenoxy) is 2. The maximum atomic E-state index is 5.57. The second-order valence-electron chi connectivity index (χ2n) is 4.03. The lowest BCUT2D eigenvalue weighted by Gasteiger charge is -2.09. The Balaban J connectivity index is 2.22. The van der Waals surface area contributed by atoms with Gasteiger partial charge in [-0.15, -0.1) is 0 Å². The Bertz CT molecular complexity index is 558. The molecule has 2 N–H and O–H groups in total. The normalized spacial score (nSPS) is 10.3. The number of benzene rings is 1. The van der Waals surface area contributed by atoms with Crippen LogP contribution in [-0.2, 0) is 13.0 Å². The highest BCUT2D eigenvalue weighted by atomic mass is 16.5. The molecule has 1 heterocycles. The molecule has 0 unspecified atom stereocenters. The Hall–Kier alpha value is -2.14. The Morgan fingerprint density at radius 3 is 2.58 bits per heavy atom. The molecule has 0 aliphatic carbocycles. The smallest absolute Gasteiger partial charge is 0.161 e. The fourth-order valence-corrected chi connectivity index (χ4v) is 1.81. The van der Waals surface area contributed by atoms with Crippen molar-refractivity contribution in [1.82, 2.24) is 9.97 Å². The summed E-state index contributed by atoms with van der Waals surface area (Å²) in [6.45, 7) is 0.418. The molecule has 0 spiro atoms. The molecule has 0 saturated heterocycles. The van der Waals surface area contributed by atoms with E-state index in [0.29, 0.717) is 24.5 Å². The highest BCUT2D eigenvalue weighted by Gasteiger charge is 2.06. The number of methoxy groups -OCH3 is 2. The van der Waals surface area contributed by atoms with Crippen LogP contribution in [0.3, 0.4) is 0 Å². The van der Waals surface area contributed by atoms with E-state index in [-0.39, 0.29) is 0 Å². The molecule has 0 aliphatic heterocycles. The van der Waals surface area contributed by atoms with Gasteiger partial charge in [-0.1, -0.05) is 6.07 Å². The monoisotopic (exact) mass is 259 g/mol. The van der Waals surface area contributed by atoms with E-state index >= 15 is 0 Å². The number of nitrogens with two attached hydrogens (primary N) is 1. The molecule has 2 aromatic rings. The molecule has 0 aliphatic rings. The minimum atomic E-state index is 0.418. The molecule has 5 heteroatoms. The SMILES string of the molecule is COc1ccc(Cc2nccc(CN)n2)cc1OC. The van der Waals surface area contributed by atoms with Crippen molar-refractivity contribution >= 4 is 0 Å². The summed E-state index contributed by atoms with van der Waals surface area (Å²) in [5.41, 5.74) is 7.47. The topological polar surface area (TPSA) is 70.3 Å². The van der Waals surface area contributed by atoms with Gasteiger partial charge >= 0.3 is 0 Å². The Labute approximate surface area is 112 Å². The lowest BCUT2D eigenvalue weighted by molar-refractivity contribution is 0.354. The van der Waals surface area contributed by atoms with Gasteiger partial charge in [0.1, 0.15) is 5.82 Å². The van der Waals surface area contributed by atoms with Crippen molar-refractivity contribution in [2.75, 3.05) is 14.2 Å². The Morgan fingerprint density at radius 1 is 1.11 bits per heavy atom. The van der Waals surface area contributed by atoms with Gasteiger partial charge in [-0.05, 0) is 23.8 Å². The summed E-state index contributed by atoms with van der Waals surface area (Å²) < 4.78 is 10.5. The summed E-state index contributed by atoms with van der Waals surface area (Å²) in [7, 11) is 3.23. The molecule has 0 atom stereocenters. The van der Waals surface area contributed by atoms with E-state index in [4.69, 9.17) is 15.2 Å². The first-order chi connectivity index (χ1) is 9.26. The van der Waals surface area contributed by atoms with Crippen LogP contribution in [0.15, 0.2) is 30.5 Å². The maximum Gasteiger partial charge on any atom is 0.161 e. The van der Waals surface area contributed by atoms with Crippen LogP contribution in [0.2, 0.25) is 0 Å². The quantitative estimate of drug-likeness (QED) is 0.882. The van der Waals surface area contributed by atoms with Crippen molar-refractivity contribution in [2.24, 2.45) is 5.73 Å². The summed E-state index contributed by atoms with van der Waals surface area (Å²) in [5.74, 6) is 2.16. The van der Waals surface area contributed by atoms with Gasteiger partial charge in [0.15, 0.2) is 11.5 Å². The van der Waals surface area contributed by atoms with Gasteiger partial charge in [0.25, 0.3) is 0 Å². The van der Waals surface area contributed by atoms with Crippen LogP contribution in [0.5, 0.6) is 11.5 Å². The number of nitrogens with zero attached hydrogens (tertiary/aromatic N) is 2. The first-order valence-electron chi connectivity index (χ1n) is 5.98. The highest BCUT2D eigenvalue weighted by molar-refractivity contribution is 5.43. The second kappa shape index (κ2) is 6.15. The standard InChI is InChI=1S/C14H17N3O2/c1-18-12-4-3-10(7-13(12)19-2)8-14-16-6-5-11(9-15)17-14/h3-7H,8-9,15H2,1-2H3. The molecular formula is C14H17N3O2. The van der Waals surface area contributed by atoms with Crippen LogP contribution in [0.1, 0.15) is 17.1 Å². The second-order valence-corrected chi connectivity index (χ2v) is 4.03. The molecule has 1 aromatic carbocycles. The van der Waals surface area contributed by atoms with E-state index in [0.717, 1.165) is 17.1 Å². The van der Waals surface area contributed by atoms with Gasteiger partial charge in [-0.25, -0.2) is 9.97 Å². The van der Waals surface area contributed by atoms with Crippen molar-refractivity contribution < 1.29 is 9.47 Å². The molecule has 0 amide bonds. The molecule has 0 bridgehead atoms. The summed E-state index contributed by atoms with van der Waals surface area (Å²) >= 11 is 0. The van der Waals surface area contributed by atoms with Crippen molar-refractivity contribution in [3.63, 3.8) is 0 Å². The van der Waals surface area contributed by atoms with Crippen LogP contribution in [0, 0.1) is 0 Å². The lowest BCUT2D eigenvalue weighted by Crippen LogP contribution is -2.04. The fraction of sp³-hybridized carbons (Fsp3) is 0.286. The third-order valence-corrected chi connectivity index (χ3v) is 2.78. The third-order valence-electron chi connectivity index (χ3n) is 2.78. The van der Waals surface area contributed by atoms with E-state index in [1.807, 2.05) is 24.3 Å². The largest absolute Gasteiger partial charge is 0.493 e. The number of hydrogen-bond acceptors (Lipinski definition) is 5. The number of aromatic nitrogens is 2. The van der Waals surface area contributed by atoms with Gasteiger partial charge in [0.2, 0.25) is 0 Å². The minimum absolute atomic E-state index is 0.418. The van der Waals surface area contributed by atoms with Crippen molar-refractivity contribution in [2.45, 2.75) is 13.0 Å². The van der Waals surface area contributed by atoms with Crippen molar-refractivity contribution in [3.05, 3.63) is 47.5 Å². The molecule has 2 rings (SSSR count). The van der Waals surface area contributed by atoms with Crippen LogP contribution in [0.25, 0.3) is 0 Å². The van der Waals surface area contributed by atoms with E-state index in [1.165, 1.54) is 0 Å². The molecule has 0 radical (unpaired) electrons. The zero-order valence-electron chi connectivity index (χ0n) is 11.1. The molecule has 1 aromatic heterocycles. The predicted molar refractivity (Wildman–Crippen MR) is 72.3 cm³/mol.